The van der Waals surface area contributed by atoms with E-state index < -0.39 is 22.0 Å². The summed E-state index contributed by atoms with van der Waals surface area (Å²) in [5.74, 6) is -1.21. The zero-order chi connectivity index (χ0) is 20.0. The highest BCUT2D eigenvalue weighted by Gasteiger charge is 2.21. The third-order valence-electron chi connectivity index (χ3n) is 3.98. The van der Waals surface area contributed by atoms with Crippen molar-refractivity contribution in [2.75, 3.05) is 19.0 Å². The average molecular weight is 392 g/mol. The molecule has 0 saturated carbocycles. The zero-order valence-electron chi connectivity index (χ0n) is 15.5. The molecule has 146 valence electrons. The van der Waals surface area contributed by atoms with Gasteiger partial charge in [0, 0.05) is 24.9 Å². The first-order valence-electron chi connectivity index (χ1n) is 8.44. The van der Waals surface area contributed by atoms with Gasteiger partial charge >= 0.3 is 5.97 Å². The van der Waals surface area contributed by atoms with Crippen LogP contribution in [0.2, 0.25) is 0 Å². The quantitative estimate of drug-likeness (QED) is 0.606. The number of rotatable bonds is 9. The second kappa shape index (κ2) is 8.98. The molecule has 0 bridgehead atoms. The van der Waals surface area contributed by atoms with Crippen molar-refractivity contribution in [2.24, 2.45) is 0 Å². The molecule has 0 fully saturated rings. The predicted molar refractivity (Wildman–Crippen MR) is 104 cm³/mol. The van der Waals surface area contributed by atoms with Crippen molar-refractivity contribution in [3.05, 3.63) is 59.7 Å². The lowest BCUT2D eigenvalue weighted by atomic mass is 10.1. The Balaban J connectivity index is 2.30. The number of aromatic carboxylic acids is 1. The molecule has 0 aliphatic heterocycles. The van der Waals surface area contributed by atoms with Gasteiger partial charge in [-0.05, 0) is 37.6 Å². The molecule has 0 amide bonds. The van der Waals surface area contributed by atoms with Gasteiger partial charge in [0.25, 0.3) is 0 Å². The maximum absolute atomic E-state index is 12.5. The molecule has 2 atom stereocenters. The molecule has 2 aromatic rings. The van der Waals surface area contributed by atoms with Crippen LogP contribution >= 0.6 is 0 Å². The summed E-state index contributed by atoms with van der Waals surface area (Å²) in [6.45, 7) is 3.77. The van der Waals surface area contributed by atoms with E-state index in [4.69, 9.17) is 4.74 Å². The Labute approximate surface area is 159 Å². The molecule has 0 aliphatic rings. The Morgan fingerprint density at radius 2 is 1.81 bits per heavy atom. The Morgan fingerprint density at radius 3 is 2.41 bits per heavy atom. The van der Waals surface area contributed by atoms with E-state index >= 15 is 0 Å². The minimum absolute atomic E-state index is 0.110. The standard InChI is InChI=1S/C19H24N2O5S/c1-13(12-26-3)21-27(24,25)16-9-10-18(17(11-16)19(22)23)20-14(2)15-7-5-4-6-8-15/h4-11,13-14,20-21H,12H2,1-3H3,(H,22,23)/t13-,14+/m0/s1. The van der Waals surface area contributed by atoms with E-state index in [0.717, 1.165) is 11.6 Å². The van der Waals surface area contributed by atoms with Crippen LogP contribution in [-0.2, 0) is 14.8 Å². The van der Waals surface area contributed by atoms with Crippen LogP contribution in [0.25, 0.3) is 0 Å². The first-order valence-corrected chi connectivity index (χ1v) is 9.93. The van der Waals surface area contributed by atoms with Gasteiger partial charge in [0.15, 0.2) is 0 Å². The number of sulfonamides is 1. The van der Waals surface area contributed by atoms with Crippen molar-refractivity contribution >= 4 is 21.7 Å². The van der Waals surface area contributed by atoms with Gasteiger partial charge in [-0.3, -0.25) is 0 Å². The highest BCUT2D eigenvalue weighted by atomic mass is 32.2. The van der Waals surface area contributed by atoms with Gasteiger partial charge < -0.3 is 15.2 Å². The summed E-state index contributed by atoms with van der Waals surface area (Å²) in [4.78, 5) is 11.6. The van der Waals surface area contributed by atoms with Crippen molar-refractivity contribution in [3.63, 3.8) is 0 Å². The average Bonchev–Trinajstić information content (AvgIpc) is 2.62. The molecule has 0 unspecified atom stereocenters. The highest BCUT2D eigenvalue weighted by Crippen LogP contribution is 2.25. The predicted octanol–water partition coefficient (Wildman–Crippen LogP) is 2.87. The Hall–Kier alpha value is -2.42. The maximum Gasteiger partial charge on any atom is 0.337 e. The molecule has 0 saturated heterocycles. The fraction of sp³-hybridized carbons (Fsp3) is 0.316. The summed E-state index contributed by atoms with van der Waals surface area (Å²) in [5, 5.41) is 12.7. The monoisotopic (exact) mass is 392 g/mol. The lowest BCUT2D eigenvalue weighted by Gasteiger charge is -2.18. The van der Waals surface area contributed by atoms with Crippen LogP contribution in [0.15, 0.2) is 53.4 Å². The van der Waals surface area contributed by atoms with Gasteiger partial charge in [-0.15, -0.1) is 0 Å². The van der Waals surface area contributed by atoms with Crippen molar-refractivity contribution in [1.82, 2.24) is 4.72 Å². The first kappa shape index (κ1) is 20.9. The van der Waals surface area contributed by atoms with E-state index in [-0.39, 0.29) is 23.1 Å². The van der Waals surface area contributed by atoms with E-state index in [1.165, 1.54) is 19.2 Å². The lowest BCUT2D eigenvalue weighted by Crippen LogP contribution is -2.35. The largest absolute Gasteiger partial charge is 0.478 e. The topological polar surface area (TPSA) is 105 Å². The molecule has 0 aliphatic carbocycles. The molecule has 8 heteroatoms. The molecule has 0 spiro atoms. The lowest BCUT2D eigenvalue weighted by molar-refractivity contribution is 0.0697. The third kappa shape index (κ3) is 5.53. The van der Waals surface area contributed by atoms with Crippen molar-refractivity contribution in [2.45, 2.75) is 30.8 Å². The van der Waals surface area contributed by atoms with Crippen LogP contribution in [0, 0.1) is 0 Å². The molecular weight excluding hydrogens is 368 g/mol. The number of carboxylic acid groups (broad SMARTS) is 1. The zero-order valence-corrected chi connectivity index (χ0v) is 16.3. The van der Waals surface area contributed by atoms with E-state index in [0.29, 0.717) is 5.69 Å². The van der Waals surface area contributed by atoms with Gasteiger partial charge in [0.1, 0.15) is 0 Å². The number of ether oxygens (including phenoxy) is 1. The van der Waals surface area contributed by atoms with Gasteiger partial charge in [-0.25, -0.2) is 17.9 Å². The number of methoxy groups -OCH3 is 1. The molecule has 27 heavy (non-hydrogen) atoms. The molecule has 0 radical (unpaired) electrons. The van der Waals surface area contributed by atoms with Crippen molar-refractivity contribution in [3.8, 4) is 0 Å². The fourth-order valence-corrected chi connectivity index (χ4v) is 3.92. The molecule has 3 N–H and O–H groups in total. The summed E-state index contributed by atoms with van der Waals surface area (Å²) in [5.41, 5.74) is 1.23. The van der Waals surface area contributed by atoms with Crippen LogP contribution in [0.1, 0.15) is 35.8 Å². The number of carboxylic acids is 1. The molecule has 2 aromatic carbocycles. The van der Waals surface area contributed by atoms with Gasteiger partial charge in [0.2, 0.25) is 10.0 Å². The maximum atomic E-state index is 12.5. The second-order valence-electron chi connectivity index (χ2n) is 6.27. The summed E-state index contributed by atoms with van der Waals surface area (Å²) < 4.78 is 32.3. The molecular formula is C19H24N2O5S. The van der Waals surface area contributed by atoms with Gasteiger partial charge in [-0.2, -0.15) is 0 Å². The smallest absolute Gasteiger partial charge is 0.337 e. The van der Waals surface area contributed by atoms with E-state index in [1.807, 2.05) is 37.3 Å². The SMILES string of the molecule is COC[C@H](C)NS(=O)(=O)c1ccc(N[C@H](C)c2ccccc2)c(C(=O)O)c1. The number of anilines is 1. The minimum Gasteiger partial charge on any atom is -0.478 e. The van der Waals surface area contributed by atoms with Crippen LogP contribution in [-0.4, -0.2) is 39.3 Å². The van der Waals surface area contributed by atoms with E-state index in [2.05, 4.69) is 10.0 Å². The van der Waals surface area contributed by atoms with Gasteiger partial charge in [-0.1, -0.05) is 30.3 Å². The summed E-state index contributed by atoms with van der Waals surface area (Å²) >= 11 is 0. The number of hydrogen-bond donors (Lipinski definition) is 3. The Bertz CT molecular complexity index is 884. The molecule has 2 rings (SSSR count). The van der Waals surface area contributed by atoms with E-state index in [9.17, 15) is 18.3 Å². The fourth-order valence-electron chi connectivity index (χ4n) is 2.67. The van der Waals surface area contributed by atoms with Crippen LogP contribution < -0.4 is 10.0 Å². The first-order chi connectivity index (χ1) is 12.7. The second-order valence-corrected chi connectivity index (χ2v) is 7.98. The van der Waals surface area contributed by atoms with Crippen LogP contribution in [0.3, 0.4) is 0 Å². The summed E-state index contributed by atoms with van der Waals surface area (Å²) in [6.07, 6.45) is 0. The number of benzene rings is 2. The number of hydrogen-bond acceptors (Lipinski definition) is 5. The number of carbonyl (C=O) groups is 1. The van der Waals surface area contributed by atoms with Crippen molar-refractivity contribution in [1.29, 1.82) is 0 Å². The third-order valence-corrected chi connectivity index (χ3v) is 5.56. The molecule has 0 aromatic heterocycles. The minimum atomic E-state index is -3.86. The Morgan fingerprint density at radius 1 is 1.15 bits per heavy atom. The van der Waals surface area contributed by atoms with Crippen LogP contribution in [0.5, 0.6) is 0 Å². The Kier molecular flexibility index (Phi) is 6.95. The summed E-state index contributed by atoms with van der Waals surface area (Å²) in [6, 6.07) is 13.0. The molecule has 0 heterocycles. The number of nitrogens with one attached hydrogen (secondary N) is 2. The van der Waals surface area contributed by atoms with Gasteiger partial charge in [0.05, 0.1) is 17.1 Å². The molecule has 7 nitrogen and oxygen atoms in total. The van der Waals surface area contributed by atoms with Crippen molar-refractivity contribution < 1.29 is 23.1 Å². The summed E-state index contributed by atoms with van der Waals surface area (Å²) in [7, 11) is -2.38. The van der Waals surface area contributed by atoms with E-state index in [1.54, 1.807) is 6.92 Å². The highest BCUT2D eigenvalue weighted by molar-refractivity contribution is 7.89. The normalized spacial score (nSPS) is 13.7. The van der Waals surface area contributed by atoms with Crippen LogP contribution in [0.4, 0.5) is 5.69 Å².